The molecule has 0 saturated carbocycles. The molecule has 0 unspecified atom stereocenters. The van der Waals surface area contributed by atoms with Gasteiger partial charge in [-0.1, -0.05) is 42.8 Å². The van der Waals surface area contributed by atoms with E-state index in [1.165, 1.54) is 0 Å². The normalized spacial score (nSPS) is 10.5. The summed E-state index contributed by atoms with van der Waals surface area (Å²) in [4.78, 5) is 12.7. The highest BCUT2D eigenvalue weighted by atomic mass is 79.9. The minimum atomic E-state index is -0.337. The molecule has 2 aromatic rings. The maximum Gasteiger partial charge on any atom is 0.261 e. The minimum Gasteiger partial charge on any atom is -0.494 e. The van der Waals surface area contributed by atoms with Crippen molar-refractivity contribution in [2.24, 2.45) is 5.92 Å². The van der Waals surface area contributed by atoms with E-state index in [1.807, 2.05) is 37.3 Å². The van der Waals surface area contributed by atoms with Crippen LogP contribution in [0.2, 0.25) is 0 Å². The lowest BCUT2D eigenvalue weighted by molar-refractivity contribution is 0.0973. The van der Waals surface area contributed by atoms with Crippen LogP contribution >= 0.6 is 28.1 Å². The first-order chi connectivity index (χ1) is 13.4. The molecule has 0 spiro atoms. The fourth-order valence-corrected chi connectivity index (χ4v) is 2.85. The topological polar surface area (TPSA) is 59.6 Å². The van der Waals surface area contributed by atoms with Crippen LogP contribution in [0.5, 0.6) is 11.5 Å². The largest absolute Gasteiger partial charge is 0.494 e. The Morgan fingerprint density at radius 2 is 1.96 bits per heavy atom. The second kappa shape index (κ2) is 11.0. The quantitative estimate of drug-likeness (QED) is 0.512. The van der Waals surface area contributed by atoms with Crippen molar-refractivity contribution in [3.05, 3.63) is 52.5 Å². The minimum absolute atomic E-state index is 0.201. The van der Waals surface area contributed by atoms with E-state index in [1.54, 1.807) is 12.1 Å². The van der Waals surface area contributed by atoms with Crippen LogP contribution in [0.1, 0.15) is 37.6 Å². The molecule has 0 aliphatic carbocycles. The Kier molecular flexibility index (Phi) is 8.73. The summed E-state index contributed by atoms with van der Waals surface area (Å²) in [6, 6.07) is 12.8. The van der Waals surface area contributed by atoms with E-state index in [-0.39, 0.29) is 11.0 Å². The monoisotopic (exact) mass is 464 g/mol. The molecule has 0 bridgehead atoms. The SMILES string of the molecule is CCCOc1cccc(NC(=S)NC(=O)c2cc(Br)ccc2OCC(C)C)c1. The van der Waals surface area contributed by atoms with Crippen molar-refractivity contribution in [2.75, 3.05) is 18.5 Å². The average molecular weight is 465 g/mol. The zero-order valence-electron chi connectivity index (χ0n) is 16.3. The van der Waals surface area contributed by atoms with Crippen molar-refractivity contribution < 1.29 is 14.3 Å². The van der Waals surface area contributed by atoms with Crippen molar-refractivity contribution in [3.8, 4) is 11.5 Å². The molecule has 0 fully saturated rings. The van der Waals surface area contributed by atoms with Crippen LogP contribution in [0, 0.1) is 5.92 Å². The third-order valence-electron chi connectivity index (χ3n) is 3.55. The molecular formula is C21H25BrN2O3S. The van der Waals surface area contributed by atoms with Crippen molar-refractivity contribution in [1.29, 1.82) is 0 Å². The van der Waals surface area contributed by atoms with Crippen LogP contribution < -0.4 is 20.1 Å². The van der Waals surface area contributed by atoms with Crippen LogP contribution in [-0.4, -0.2) is 24.2 Å². The first-order valence-electron chi connectivity index (χ1n) is 9.16. The summed E-state index contributed by atoms with van der Waals surface area (Å²) >= 11 is 8.68. The van der Waals surface area contributed by atoms with Gasteiger partial charge in [-0.25, -0.2) is 0 Å². The Bertz CT molecular complexity index is 827. The summed E-state index contributed by atoms with van der Waals surface area (Å²) in [7, 11) is 0. The first kappa shape index (κ1) is 22.2. The molecular weight excluding hydrogens is 440 g/mol. The number of nitrogens with one attached hydrogen (secondary N) is 2. The van der Waals surface area contributed by atoms with Crippen LogP contribution in [0.25, 0.3) is 0 Å². The van der Waals surface area contributed by atoms with Gasteiger partial charge in [-0.15, -0.1) is 0 Å². The molecule has 0 saturated heterocycles. The van der Waals surface area contributed by atoms with Gasteiger partial charge in [0.2, 0.25) is 0 Å². The zero-order valence-corrected chi connectivity index (χ0v) is 18.7. The van der Waals surface area contributed by atoms with Crippen molar-refractivity contribution in [3.63, 3.8) is 0 Å². The number of carbonyl (C=O) groups excluding carboxylic acids is 1. The van der Waals surface area contributed by atoms with E-state index in [9.17, 15) is 4.79 Å². The number of carbonyl (C=O) groups is 1. The number of ether oxygens (including phenoxy) is 2. The molecule has 0 atom stereocenters. The summed E-state index contributed by atoms with van der Waals surface area (Å²) < 4.78 is 12.2. The second-order valence-electron chi connectivity index (χ2n) is 6.63. The van der Waals surface area contributed by atoms with E-state index >= 15 is 0 Å². The Morgan fingerprint density at radius 3 is 2.68 bits per heavy atom. The van der Waals surface area contributed by atoms with E-state index in [0.29, 0.717) is 30.4 Å². The predicted octanol–water partition coefficient (Wildman–Crippen LogP) is 5.40. The third kappa shape index (κ3) is 7.13. The lowest BCUT2D eigenvalue weighted by Crippen LogP contribution is -2.34. The Labute approximate surface area is 179 Å². The van der Waals surface area contributed by atoms with Crippen molar-refractivity contribution >= 4 is 44.9 Å². The molecule has 1 amide bonds. The zero-order chi connectivity index (χ0) is 20.5. The van der Waals surface area contributed by atoms with Crippen molar-refractivity contribution in [2.45, 2.75) is 27.2 Å². The molecule has 0 aromatic heterocycles. The summed E-state index contributed by atoms with van der Waals surface area (Å²) in [6.45, 7) is 7.32. The molecule has 2 N–H and O–H groups in total. The van der Waals surface area contributed by atoms with E-state index in [4.69, 9.17) is 21.7 Å². The number of halogens is 1. The van der Waals surface area contributed by atoms with Gasteiger partial charge in [-0.05, 0) is 54.9 Å². The lowest BCUT2D eigenvalue weighted by Gasteiger charge is -2.15. The van der Waals surface area contributed by atoms with E-state index in [0.717, 1.165) is 22.3 Å². The Balaban J connectivity index is 2.04. The molecule has 2 aromatic carbocycles. The van der Waals surface area contributed by atoms with E-state index in [2.05, 4.69) is 40.4 Å². The molecule has 0 aliphatic rings. The number of benzene rings is 2. The molecule has 0 aliphatic heterocycles. The molecule has 5 nitrogen and oxygen atoms in total. The van der Waals surface area contributed by atoms with Gasteiger partial charge in [0.05, 0.1) is 18.8 Å². The number of anilines is 1. The molecule has 2 rings (SSSR count). The fourth-order valence-electron chi connectivity index (χ4n) is 2.28. The molecule has 150 valence electrons. The number of rotatable bonds is 8. The predicted molar refractivity (Wildman–Crippen MR) is 120 cm³/mol. The lowest BCUT2D eigenvalue weighted by atomic mass is 10.2. The first-order valence-corrected chi connectivity index (χ1v) is 10.4. The maximum atomic E-state index is 12.7. The highest BCUT2D eigenvalue weighted by molar-refractivity contribution is 9.10. The maximum absolute atomic E-state index is 12.7. The van der Waals surface area contributed by atoms with Crippen LogP contribution in [0.4, 0.5) is 5.69 Å². The molecule has 0 radical (unpaired) electrons. The Hall–Kier alpha value is -2.12. The molecule has 0 heterocycles. The summed E-state index contributed by atoms with van der Waals surface area (Å²) in [5, 5.41) is 5.91. The average Bonchev–Trinajstić information content (AvgIpc) is 2.65. The molecule has 28 heavy (non-hydrogen) atoms. The fraction of sp³-hybridized carbons (Fsp3) is 0.333. The second-order valence-corrected chi connectivity index (χ2v) is 7.95. The van der Waals surface area contributed by atoms with Gasteiger partial charge in [0.15, 0.2) is 5.11 Å². The molecule has 7 heteroatoms. The van der Waals surface area contributed by atoms with Gasteiger partial charge in [-0.3, -0.25) is 10.1 Å². The van der Waals surface area contributed by atoms with E-state index < -0.39 is 0 Å². The summed E-state index contributed by atoms with van der Waals surface area (Å²) in [5.74, 6) is 1.28. The van der Waals surface area contributed by atoms with Gasteiger partial charge in [0.1, 0.15) is 11.5 Å². The van der Waals surface area contributed by atoms with Gasteiger partial charge in [0, 0.05) is 16.2 Å². The van der Waals surface area contributed by atoms with Gasteiger partial charge in [0.25, 0.3) is 5.91 Å². The van der Waals surface area contributed by atoms with Crippen LogP contribution in [0.15, 0.2) is 46.9 Å². The number of hydrogen-bond donors (Lipinski definition) is 2. The van der Waals surface area contributed by atoms with Gasteiger partial charge in [-0.2, -0.15) is 0 Å². The number of amides is 1. The standard InChI is InChI=1S/C21H25BrN2O3S/c1-4-10-26-17-7-5-6-16(12-17)23-21(28)24-20(25)18-11-15(22)8-9-19(18)27-13-14(2)3/h5-9,11-12,14H,4,10,13H2,1-3H3,(H2,23,24,25,28). The van der Waals surface area contributed by atoms with Crippen LogP contribution in [0.3, 0.4) is 0 Å². The highest BCUT2D eigenvalue weighted by Crippen LogP contribution is 2.24. The smallest absolute Gasteiger partial charge is 0.261 e. The highest BCUT2D eigenvalue weighted by Gasteiger charge is 2.15. The summed E-state index contributed by atoms with van der Waals surface area (Å²) in [5.41, 5.74) is 1.16. The van der Waals surface area contributed by atoms with Crippen molar-refractivity contribution in [1.82, 2.24) is 5.32 Å². The van der Waals surface area contributed by atoms with Gasteiger partial charge >= 0.3 is 0 Å². The van der Waals surface area contributed by atoms with Crippen LogP contribution in [-0.2, 0) is 0 Å². The number of thiocarbonyl (C=S) groups is 1. The number of hydrogen-bond acceptors (Lipinski definition) is 4. The summed E-state index contributed by atoms with van der Waals surface area (Å²) in [6.07, 6.45) is 0.931. The Morgan fingerprint density at radius 1 is 1.18 bits per heavy atom. The third-order valence-corrected chi connectivity index (χ3v) is 4.25. The van der Waals surface area contributed by atoms with Gasteiger partial charge < -0.3 is 14.8 Å².